The van der Waals surface area contributed by atoms with E-state index in [2.05, 4.69) is 13.2 Å². The summed E-state index contributed by atoms with van der Waals surface area (Å²) in [5, 5.41) is 1.43. The second-order valence-electron chi connectivity index (χ2n) is 2.74. The lowest BCUT2D eigenvalue weighted by Gasteiger charge is -2.05. The Bertz CT molecular complexity index is 366. The zero-order valence-corrected chi connectivity index (χ0v) is 8.43. The van der Waals surface area contributed by atoms with Crippen LogP contribution in [0.3, 0.4) is 0 Å². The van der Waals surface area contributed by atoms with Crippen molar-refractivity contribution in [1.29, 1.82) is 0 Å². The third-order valence-corrected chi connectivity index (χ3v) is 2.81. The molecule has 0 radical (unpaired) electrons. The van der Waals surface area contributed by atoms with Gasteiger partial charge in [-0.3, -0.25) is 0 Å². The van der Waals surface area contributed by atoms with E-state index in [1.165, 1.54) is 5.41 Å². The molecule has 0 spiro atoms. The maximum Gasteiger partial charge on any atom is 0.0776 e. The van der Waals surface area contributed by atoms with Gasteiger partial charge in [-0.05, 0) is 24.1 Å². The van der Waals surface area contributed by atoms with E-state index >= 15 is 0 Å². The predicted octanol–water partition coefficient (Wildman–Crippen LogP) is 2.97. The highest BCUT2D eigenvalue weighted by atomic mass is 32.2. The van der Waals surface area contributed by atoms with Gasteiger partial charge in [0.15, 0.2) is 0 Å². The van der Waals surface area contributed by atoms with Crippen molar-refractivity contribution in [3.05, 3.63) is 48.4 Å². The summed E-state index contributed by atoms with van der Waals surface area (Å²) in [6, 6.07) is 7.53. The molecule has 1 nitrogen and oxygen atoms in total. The number of benzene rings is 1. The first kappa shape index (κ1) is 9.93. The summed E-state index contributed by atoms with van der Waals surface area (Å²) in [6.07, 6.45) is 0. The van der Waals surface area contributed by atoms with E-state index in [0.29, 0.717) is 0 Å². The lowest BCUT2D eigenvalue weighted by atomic mass is 10.1. The molecule has 0 aliphatic rings. The summed E-state index contributed by atoms with van der Waals surface area (Å²) < 4.78 is 11.5. The minimum atomic E-state index is -1.12. The van der Waals surface area contributed by atoms with Crippen LogP contribution in [-0.2, 0) is 10.8 Å². The Morgan fingerprint density at radius 2 is 2.08 bits per heavy atom. The molecule has 1 atom stereocenters. The molecule has 0 saturated heterocycles. The topological polar surface area (TPSA) is 17.1 Å². The van der Waals surface area contributed by atoms with Crippen LogP contribution in [0.15, 0.2) is 47.7 Å². The van der Waals surface area contributed by atoms with Crippen molar-refractivity contribution in [3.63, 3.8) is 0 Å². The van der Waals surface area contributed by atoms with Crippen molar-refractivity contribution in [1.82, 2.24) is 0 Å². The first-order valence-electron chi connectivity index (χ1n) is 3.95. The second kappa shape index (κ2) is 4.19. The molecule has 1 unspecified atom stereocenters. The van der Waals surface area contributed by atoms with Gasteiger partial charge in [-0.2, -0.15) is 0 Å². The SMILES string of the molecule is C=CS(=O)c1ccccc1C(=C)C. The Hall–Kier alpha value is -1.15. The molecule has 68 valence electrons. The van der Waals surface area contributed by atoms with Crippen molar-refractivity contribution < 1.29 is 4.21 Å². The van der Waals surface area contributed by atoms with Crippen molar-refractivity contribution >= 4 is 16.4 Å². The third-order valence-electron chi connectivity index (χ3n) is 1.71. The van der Waals surface area contributed by atoms with Crippen LogP contribution in [0.2, 0.25) is 0 Å². The van der Waals surface area contributed by atoms with E-state index in [4.69, 9.17) is 0 Å². The summed E-state index contributed by atoms with van der Waals surface area (Å²) in [4.78, 5) is 0.782. The minimum Gasteiger partial charge on any atom is -0.250 e. The van der Waals surface area contributed by atoms with Crippen molar-refractivity contribution in [3.8, 4) is 0 Å². The van der Waals surface area contributed by atoms with E-state index in [-0.39, 0.29) is 0 Å². The summed E-state index contributed by atoms with van der Waals surface area (Å²) >= 11 is 0. The van der Waals surface area contributed by atoms with Crippen molar-refractivity contribution in [2.45, 2.75) is 11.8 Å². The molecular weight excluding hydrogens is 180 g/mol. The van der Waals surface area contributed by atoms with Gasteiger partial charge in [0, 0.05) is 5.41 Å². The van der Waals surface area contributed by atoms with E-state index in [0.717, 1.165) is 16.0 Å². The molecule has 2 heteroatoms. The fraction of sp³-hybridized carbons (Fsp3) is 0.0909. The highest BCUT2D eigenvalue weighted by Gasteiger charge is 2.05. The average Bonchev–Trinajstić information content (AvgIpc) is 2.16. The van der Waals surface area contributed by atoms with Gasteiger partial charge in [0.1, 0.15) is 0 Å². The van der Waals surface area contributed by atoms with Crippen LogP contribution in [0, 0.1) is 0 Å². The first-order valence-corrected chi connectivity index (χ1v) is 5.16. The van der Waals surface area contributed by atoms with Gasteiger partial charge in [-0.15, -0.1) is 0 Å². The predicted molar refractivity (Wildman–Crippen MR) is 57.8 cm³/mol. The zero-order chi connectivity index (χ0) is 9.84. The van der Waals surface area contributed by atoms with Gasteiger partial charge >= 0.3 is 0 Å². The second-order valence-corrected chi connectivity index (χ2v) is 4.11. The number of hydrogen-bond donors (Lipinski definition) is 0. The van der Waals surface area contributed by atoms with Gasteiger partial charge in [0.25, 0.3) is 0 Å². The summed E-state index contributed by atoms with van der Waals surface area (Å²) in [7, 11) is -1.12. The number of hydrogen-bond acceptors (Lipinski definition) is 1. The van der Waals surface area contributed by atoms with E-state index < -0.39 is 10.8 Å². The van der Waals surface area contributed by atoms with Crippen LogP contribution in [-0.4, -0.2) is 4.21 Å². The van der Waals surface area contributed by atoms with Crippen LogP contribution in [0.1, 0.15) is 12.5 Å². The molecule has 13 heavy (non-hydrogen) atoms. The highest BCUT2D eigenvalue weighted by molar-refractivity contribution is 7.88. The Morgan fingerprint density at radius 1 is 1.46 bits per heavy atom. The first-order chi connectivity index (χ1) is 6.16. The Kier molecular flexibility index (Phi) is 3.20. The molecule has 0 heterocycles. The van der Waals surface area contributed by atoms with Gasteiger partial charge in [-0.25, -0.2) is 4.21 Å². The van der Waals surface area contributed by atoms with Crippen molar-refractivity contribution in [2.24, 2.45) is 0 Å². The fourth-order valence-electron chi connectivity index (χ4n) is 1.08. The third kappa shape index (κ3) is 2.16. The van der Waals surface area contributed by atoms with Gasteiger partial charge in [-0.1, -0.05) is 31.4 Å². The lowest BCUT2D eigenvalue weighted by Crippen LogP contribution is -1.91. The lowest BCUT2D eigenvalue weighted by molar-refractivity contribution is 0.688. The molecule has 1 aromatic carbocycles. The maximum absolute atomic E-state index is 11.5. The van der Waals surface area contributed by atoms with Gasteiger partial charge < -0.3 is 0 Å². The molecule has 0 N–H and O–H groups in total. The fourth-order valence-corrected chi connectivity index (χ4v) is 1.94. The molecule has 0 bridgehead atoms. The molecule has 0 aromatic heterocycles. The van der Waals surface area contributed by atoms with Crippen molar-refractivity contribution in [2.75, 3.05) is 0 Å². The highest BCUT2D eigenvalue weighted by Crippen LogP contribution is 2.20. The van der Waals surface area contributed by atoms with Gasteiger partial charge in [0.05, 0.1) is 15.7 Å². The Morgan fingerprint density at radius 3 is 2.62 bits per heavy atom. The standard InChI is InChI=1S/C11H12OS/c1-4-13(12)11-8-6-5-7-10(11)9(2)3/h4-8H,1-2H2,3H3. The number of rotatable bonds is 3. The van der Waals surface area contributed by atoms with Gasteiger partial charge in [0.2, 0.25) is 0 Å². The monoisotopic (exact) mass is 192 g/mol. The molecular formula is C11H12OS. The normalized spacial score (nSPS) is 12.1. The van der Waals surface area contributed by atoms with Crippen LogP contribution < -0.4 is 0 Å². The van der Waals surface area contributed by atoms with E-state index in [1.807, 2.05) is 31.2 Å². The molecule has 0 aliphatic carbocycles. The smallest absolute Gasteiger partial charge is 0.0776 e. The summed E-state index contributed by atoms with van der Waals surface area (Å²) in [5.74, 6) is 0. The largest absolute Gasteiger partial charge is 0.250 e. The summed E-state index contributed by atoms with van der Waals surface area (Å²) in [5.41, 5.74) is 1.87. The summed E-state index contributed by atoms with van der Waals surface area (Å²) in [6.45, 7) is 9.24. The van der Waals surface area contributed by atoms with E-state index in [1.54, 1.807) is 0 Å². The Labute approximate surface area is 81.3 Å². The van der Waals surface area contributed by atoms with E-state index in [9.17, 15) is 4.21 Å². The average molecular weight is 192 g/mol. The zero-order valence-electron chi connectivity index (χ0n) is 7.62. The maximum atomic E-state index is 11.5. The van der Waals surface area contributed by atoms with Crippen LogP contribution in [0.5, 0.6) is 0 Å². The quantitative estimate of drug-likeness (QED) is 0.719. The molecule has 0 amide bonds. The van der Waals surface area contributed by atoms with Crippen LogP contribution >= 0.6 is 0 Å². The molecule has 1 rings (SSSR count). The van der Waals surface area contributed by atoms with Crippen LogP contribution in [0.4, 0.5) is 0 Å². The minimum absolute atomic E-state index is 0.782. The molecule has 0 aliphatic heterocycles. The molecule has 0 fully saturated rings. The Balaban J connectivity index is 3.27. The molecule has 0 saturated carbocycles. The van der Waals surface area contributed by atoms with Crippen LogP contribution in [0.25, 0.3) is 5.57 Å². The molecule has 1 aromatic rings. The number of allylic oxidation sites excluding steroid dienone is 1.